The number of esters is 1. The molecule has 3 aromatic carbocycles. The summed E-state index contributed by atoms with van der Waals surface area (Å²) in [4.78, 5) is 30.1. The summed E-state index contributed by atoms with van der Waals surface area (Å²) in [6, 6.07) is 19.7. The van der Waals surface area contributed by atoms with Crippen LogP contribution in [0.5, 0.6) is 0 Å². The second kappa shape index (κ2) is 9.09. The third kappa shape index (κ3) is 4.23. The van der Waals surface area contributed by atoms with Gasteiger partial charge in [0.05, 0.1) is 15.8 Å². The van der Waals surface area contributed by atoms with Crippen molar-refractivity contribution < 1.29 is 14.3 Å². The average Bonchev–Trinajstić information content (AvgIpc) is 3.26. The molecule has 0 radical (unpaired) electrons. The lowest BCUT2D eigenvalue weighted by molar-refractivity contribution is -0.125. The number of para-hydroxylation sites is 1. The number of benzene rings is 3. The molecule has 1 fully saturated rings. The average molecular weight is 445 g/mol. The molecule has 0 atom stereocenters. The Morgan fingerprint density at radius 3 is 2.56 bits per heavy atom. The van der Waals surface area contributed by atoms with Crippen LogP contribution in [0.15, 0.2) is 60.7 Å². The van der Waals surface area contributed by atoms with E-state index in [-0.39, 0.29) is 18.6 Å². The topological polar surface area (TPSA) is 68.3 Å². The Kier molecular flexibility index (Phi) is 5.86. The molecule has 0 aliphatic heterocycles. The van der Waals surface area contributed by atoms with Gasteiger partial charge < -0.3 is 10.1 Å². The zero-order chi connectivity index (χ0) is 21.9. The zero-order valence-corrected chi connectivity index (χ0v) is 18.5. The van der Waals surface area contributed by atoms with Gasteiger partial charge in [0.1, 0.15) is 5.01 Å². The number of fused-ring (bicyclic) bond motifs is 2. The number of aromatic nitrogens is 1. The Labute approximate surface area is 190 Å². The first kappa shape index (κ1) is 20.6. The van der Waals surface area contributed by atoms with Crippen molar-refractivity contribution in [1.29, 1.82) is 0 Å². The number of nitrogens with one attached hydrogen (secondary N) is 1. The van der Waals surface area contributed by atoms with Crippen LogP contribution in [-0.2, 0) is 9.53 Å². The van der Waals surface area contributed by atoms with Gasteiger partial charge in [-0.25, -0.2) is 9.78 Å². The maximum atomic E-state index is 13.0. The van der Waals surface area contributed by atoms with Gasteiger partial charge in [0.15, 0.2) is 6.61 Å². The van der Waals surface area contributed by atoms with Crippen molar-refractivity contribution in [3.05, 3.63) is 66.2 Å². The molecule has 162 valence electrons. The highest BCUT2D eigenvalue weighted by atomic mass is 32.1. The van der Waals surface area contributed by atoms with Crippen LogP contribution < -0.4 is 5.32 Å². The lowest BCUT2D eigenvalue weighted by Gasteiger charge is -2.22. The van der Waals surface area contributed by atoms with Crippen LogP contribution in [0.1, 0.15) is 42.5 Å². The van der Waals surface area contributed by atoms with Gasteiger partial charge in [-0.05, 0) is 36.4 Å². The molecule has 0 spiro atoms. The molecule has 0 saturated heterocycles. The van der Waals surface area contributed by atoms with E-state index < -0.39 is 5.97 Å². The molecule has 6 heteroatoms. The Bertz CT molecular complexity index is 1250. The minimum Gasteiger partial charge on any atom is -0.452 e. The fraction of sp³-hybridized carbons (Fsp3) is 0.269. The fourth-order valence-corrected chi connectivity index (χ4v) is 5.40. The number of amides is 1. The maximum Gasteiger partial charge on any atom is 0.339 e. The van der Waals surface area contributed by atoms with Crippen molar-refractivity contribution in [3.63, 3.8) is 0 Å². The molecule has 1 heterocycles. The van der Waals surface area contributed by atoms with E-state index in [2.05, 4.69) is 5.32 Å². The molecule has 4 aromatic rings. The number of carbonyl (C=O) groups excluding carboxylic acids is 2. The van der Waals surface area contributed by atoms with Crippen LogP contribution in [0.3, 0.4) is 0 Å². The first-order valence-corrected chi connectivity index (χ1v) is 11.8. The van der Waals surface area contributed by atoms with Gasteiger partial charge in [0.2, 0.25) is 0 Å². The molecular weight excluding hydrogens is 420 g/mol. The molecule has 1 amide bonds. The van der Waals surface area contributed by atoms with Gasteiger partial charge in [0.25, 0.3) is 5.91 Å². The monoisotopic (exact) mass is 444 g/mol. The predicted molar refractivity (Wildman–Crippen MR) is 128 cm³/mol. The SMILES string of the molecule is O=C(COC(=O)c1cccc2cccc(-c3nc4ccccc4s3)c12)NC1CCCCC1. The van der Waals surface area contributed by atoms with Crippen LogP contribution in [0.25, 0.3) is 31.6 Å². The molecule has 32 heavy (non-hydrogen) atoms. The Balaban J connectivity index is 1.41. The number of carbonyl (C=O) groups is 2. The van der Waals surface area contributed by atoms with Crippen molar-refractivity contribution in [1.82, 2.24) is 10.3 Å². The Hall–Kier alpha value is -3.25. The molecular formula is C26H24N2O3S. The van der Waals surface area contributed by atoms with Crippen molar-refractivity contribution in [2.24, 2.45) is 0 Å². The summed E-state index contributed by atoms with van der Waals surface area (Å²) in [6.07, 6.45) is 5.48. The highest BCUT2D eigenvalue weighted by Gasteiger charge is 2.20. The number of ether oxygens (including phenoxy) is 1. The van der Waals surface area contributed by atoms with E-state index in [1.165, 1.54) is 6.42 Å². The number of nitrogens with zero attached hydrogens (tertiary/aromatic N) is 1. The maximum absolute atomic E-state index is 13.0. The van der Waals surface area contributed by atoms with Gasteiger partial charge >= 0.3 is 5.97 Å². The summed E-state index contributed by atoms with van der Waals surface area (Å²) >= 11 is 1.60. The van der Waals surface area contributed by atoms with Crippen molar-refractivity contribution in [2.45, 2.75) is 38.1 Å². The standard InChI is InChI=1S/C26H24N2O3S/c29-23(27-18-10-2-1-3-11-18)16-31-26(30)20-13-7-9-17-8-6-12-19(24(17)20)25-28-21-14-4-5-15-22(21)32-25/h4-9,12-15,18H,1-3,10-11,16H2,(H,27,29). The summed E-state index contributed by atoms with van der Waals surface area (Å²) < 4.78 is 6.52. The fourth-order valence-electron chi connectivity index (χ4n) is 4.40. The minimum atomic E-state index is -0.497. The summed E-state index contributed by atoms with van der Waals surface area (Å²) in [6.45, 7) is -0.269. The molecule has 0 bridgehead atoms. The van der Waals surface area contributed by atoms with E-state index >= 15 is 0 Å². The van der Waals surface area contributed by atoms with Gasteiger partial charge in [0, 0.05) is 17.0 Å². The first-order valence-electron chi connectivity index (χ1n) is 11.0. The second-order valence-electron chi connectivity index (χ2n) is 8.17. The number of hydrogen-bond acceptors (Lipinski definition) is 5. The molecule has 1 aromatic heterocycles. The quantitative estimate of drug-likeness (QED) is 0.400. The molecule has 1 saturated carbocycles. The molecule has 5 rings (SSSR count). The Morgan fingerprint density at radius 2 is 1.75 bits per heavy atom. The van der Waals surface area contributed by atoms with Gasteiger partial charge in [-0.3, -0.25) is 4.79 Å². The molecule has 1 aliphatic carbocycles. The predicted octanol–water partition coefficient (Wildman–Crippen LogP) is 5.72. The lowest BCUT2D eigenvalue weighted by atomic mass is 9.95. The smallest absolute Gasteiger partial charge is 0.339 e. The minimum absolute atomic E-state index is 0.193. The molecule has 5 nitrogen and oxygen atoms in total. The Morgan fingerprint density at radius 1 is 0.969 bits per heavy atom. The number of thiazole rings is 1. The van der Waals surface area contributed by atoms with E-state index in [1.54, 1.807) is 17.4 Å². The number of rotatable bonds is 5. The van der Waals surface area contributed by atoms with Gasteiger partial charge in [-0.15, -0.1) is 11.3 Å². The normalized spacial score (nSPS) is 14.5. The lowest BCUT2D eigenvalue weighted by Crippen LogP contribution is -2.38. The van der Waals surface area contributed by atoms with Crippen molar-refractivity contribution in [3.8, 4) is 10.6 Å². The van der Waals surface area contributed by atoms with E-state index in [4.69, 9.17) is 9.72 Å². The van der Waals surface area contributed by atoms with Gasteiger partial charge in [-0.2, -0.15) is 0 Å². The highest BCUT2D eigenvalue weighted by molar-refractivity contribution is 7.21. The summed E-state index contributed by atoms with van der Waals surface area (Å²) in [5.74, 6) is -0.736. The summed E-state index contributed by atoms with van der Waals surface area (Å²) in [5, 5.41) is 5.58. The van der Waals surface area contributed by atoms with E-state index in [0.717, 1.165) is 57.2 Å². The van der Waals surface area contributed by atoms with Gasteiger partial charge in [-0.1, -0.05) is 61.7 Å². The summed E-state index contributed by atoms with van der Waals surface area (Å²) in [5.41, 5.74) is 2.27. The molecule has 0 unspecified atom stereocenters. The van der Waals surface area contributed by atoms with Crippen molar-refractivity contribution >= 4 is 44.2 Å². The second-order valence-corrected chi connectivity index (χ2v) is 9.21. The van der Waals surface area contributed by atoms with E-state index in [9.17, 15) is 9.59 Å². The molecule has 1 aliphatic rings. The van der Waals surface area contributed by atoms with Crippen LogP contribution in [-0.4, -0.2) is 29.5 Å². The van der Waals surface area contributed by atoms with Crippen LogP contribution >= 0.6 is 11.3 Å². The summed E-state index contributed by atoms with van der Waals surface area (Å²) in [7, 11) is 0. The third-order valence-electron chi connectivity index (χ3n) is 5.95. The van der Waals surface area contributed by atoms with Crippen LogP contribution in [0.4, 0.5) is 0 Å². The van der Waals surface area contributed by atoms with Crippen LogP contribution in [0.2, 0.25) is 0 Å². The van der Waals surface area contributed by atoms with E-state index in [0.29, 0.717) is 5.56 Å². The van der Waals surface area contributed by atoms with Crippen LogP contribution in [0, 0.1) is 0 Å². The zero-order valence-electron chi connectivity index (χ0n) is 17.7. The molecule has 1 N–H and O–H groups in total. The largest absolute Gasteiger partial charge is 0.452 e. The first-order chi connectivity index (χ1) is 15.7. The highest BCUT2D eigenvalue weighted by Crippen LogP contribution is 2.36. The van der Waals surface area contributed by atoms with E-state index in [1.807, 2.05) is 54.6 Å². The third-order valence-corrected chi connectivity index (χ3v) is 7.02. The van der Waals surface area contributed by atoms with Crippen molar-refractivity contribution in [2.75, 3.05) is 6.61 Å². The number of hydrogen-bond donors (Lipinski definition) is 1.